The van der Waals surface area contributed by atoms with Crippen LogP contribution in [0.3, 0.4) is 0 Å². The molecule has 19 heavy (non-hydrogen) atoms. The summed E-state index contributed by atoms with van der Waals surface area (Å²) < 4.78 is 2.07. The van der Waals surface area contributed by atoms with E-state index in [0.29, 0.717) is 11.7 Å². The van der Waals surface area contributed by atoms with Gasteiger partial charge in [-0.3, -0.25) is 0 Å². The molecular formula is C12H15N7. The van der Waals surface area contributed by atoms with Crippen LogP contribution in [0.15, 0.2) is 12.4 Å². The summed E-state index contributed by atoms with van der Waals surface area (Å²) in [4.78, 5) is 11.2. The number of fused-ring (bicyclic) bond motifs is 1. The summed E-state index contributed by atoms with van der Waals surface area (Å²) in [6.45, 7) is 2.50. The van der Waals surface area contributed by atoms with E-state index in [-0.39, 0.29) is 0 Å². The van der Waals surface area contributed by atoms with Crippen molar-refractivity contribution in [1.82, 2.24) is 24.7 Å². The molecule has 0 saturated heterocycles. The molecule has 0 amide bonds. The Kier molecular flexibility index (Phi) is 2.20. The van der Waals surface area contributed by atoms with Gasteiger partial charge in [-0.1, -0.05) is 0 Å². The van der Waals surface area contributed by atoms with E-state index < -0.39 is 0 Å². The van der Waals surface area contributed by atoms with Crippen LogP contribution in [0, 0.1) is 0 Å². The summed E-state index contributed by atoms with van der Waals surface area (Å²) in [5.74, 6) is 3.83. The lowest BCUT2D eigenvalue weighted by Gasteiger charge is -2.28. The Balaban J connectivity index is 1.66. The molecule has 98 valence electrons. The second-order valence-electron chi connectivity index (χ2n) is 5.15. The van der Waals surface area contributed by atoms with Crippen LogP contribution in [0.1, 0.15) is 30.4 Å². The van der Waals surface area contributed by atoms with E-state index in [1.165, 1.54) is 12.8 Å². The maximum Gasteiger partial charge on any atom is 0.152 e. The maximum atomic E-state index is 5.90. The Bertz CT molecular complexity index is 616. The third-order valence-electron chi connectivity index (χ3n) is 3.66. The number of aromatic nitrogens is 5. The molecule has 2 aromatic rings. The van der Waals surface area contributed by atoms with E-state index in [1.54, 1.807) is 6.33 Å². The van der Waals surface area contributed by atoms with Gasteiger partial charge >= 0.3 is 0 Å². The molecular weight excluding hydrogens is 242 g/mol. The molecule has 3 heterocycles. The third-order valence-corrected chi connectivity index (χ3v) is 3.66. The fourth-order valence-corrected chi connectivity index (χ4v) is 2.42. The summed E-state index contributed by atoms with van der Waals surface area (Å²) in [6, 6.07) is 1.85. The standard InChI is InChI=1S/C12H15N7/c13-9-5-10(16-12(15-9)8-1-2-8)18-3-4-19-7-14-17-11(19)6-18/h5,7-8H,1-4,6H2,(H2,13,15,16). The molecule has 7 nitrogen and oxygen atoms in total. The molecule has 7 heteroatoms. The molecule has 0 aromatic carbocycles. The fraction of sp³-hybridized carbons (Fsp3) is 0.500. The Morgan fingerprint density at radius 3 is 2.95 bits per heavy atom. The molecule has 2 aromatic heterocycles. The summed E-state index contributed by atoms with van der Waals surface area (Å²) in [5, 5.41) is 8.06. The molecule has 0 unspecified atom stereocenters. The van der Waals surface area contributed by atoms with Crippen molar-refractivity contribution in [3.63, 3.8) is 0 Å². The number of nitrogen functional groups attached to an aromatic ring is 1. The van der Waals surface area contributed by atoms with E-state index in [1.807, 2.05) is 6.07 Å². The quantitative estimate of drug-likeness (QED) is 0.845. The summed E-state index contributed by atoms with van der Waals surface area (Å²) in [7, 11) is 0. The fourth-order valence-electron chi connectivity index (χ4n) is 2.42. The Labute approximate surface area is 110 Å². The monoisotopic (exact) mass is 257 g/mol. The molecule has 1 saturated carbocycles. The van der Waals surface area contributed by atoms with Crippen LogP contribution in [-0.4, -0.2) is 31.3 Å². The smallest absolute Gasteiger partial charge is 0.152 e. The number of rotatable bonds is 2. The molecule has 0 spiro atoms. The minimum Gasteiger partial charge on any atom is -0.384 e. The second kappa shape index (κ2) is 3.91. The number of anilines is 2. The zero-order chi connectivity index (χ0) is 12.8. The van der Waals surface area contributed by atoms with Crippen molar-refractivity contribution in [2.24, 2.45) is 0 Å². The highest BCUT2D eigenvalue weighted by Crippen LogP contribution is 2.39. The van der Waals surface area contributed by atoms with Crippen molar-refractivity contribution < 1.29 is 0 Å². The molecule has 0 atom stereocenters. The van der Waals surface area contributed by atoms with Gasteiger partial charge in [0.2, 0.25) is 0 Å². The molecule has 1 fully saturated rings. The third kappa shape index (κ3) is 1.91. The first kappa shape index (κ1) is 10.7. The predicted molar refractivity (Wildman–Crippen MR) is 69.5 cm³/mol. The number of nitrogens with zero attached hydrogens (tertiary/aromatic N) is 6. The van der Waals surface area contributed by atoms with Gasteiger partial charge in [0.15, 0.2) is 5.82 Å². The van der Waals surface area contributed by atoms with Gasteiger partial charge in [0.1, 0.15) is 23.8 Å². The summed E-state index contributed by atoms with van der Waals surface area (Å²) >= 11 is 0. The molecule has 1 aliphatic heterocycles. The Morgan fingerprint density at radius 2 is 2.11 bits per heavy atom. The number of nitrogens with two attached hydrogens (primary N) is 1. The first-order chi connectivity index (χ1) is 9.29. The van der Waals surface area contributed by atoms with E-state index in [4.69, 9.17) is 5.73 Å². The molecule has 2 aliphatic rings. The van der Waals surface area contributed by atoms with Crippen molar-refractivity contribution in [3.05, 3.63) is 24.0 Å². The van der Waals surface area contributed by atoms with E-state index in [2.05, 4.69) is 29.6 Å². The lowest BCUT2D eigenvalue weighted by Crippen LogP contribution is -2.34. The molecule has 2 N–H and O–H groups in total. The number of hydrogen-bond donors (Lipinski definition) is 1. The van der Waals surface area contributed by atoms with E-state index >= 15 is 0 Å². The van der Waals surface area contributed by atoms with Crippen molar-refractivity contribution in [1.29, 1.82) is 0 Å². The van der Waals surface area contributed by atoms with Gasteiger partial charge in [-0.2, -0.15) is 0 Å². The van der Waals surface area contributed by atoms with Crippen LogP contribution in [0.2, 0.25) is 0 Å². The second-order valence-corrected chi connectivity index (χ2v) is 5.15. The normalized spacial score (nSPS) is 18.4. The van der Waals surface area contributed by atoms with Crippen LogP contribution in [0.25, 0.3) is 0 Å². The summed E-state index contributed by atoms with van der Waals surface area (Å²) in [5.41, 5.74) is 5.90. The van der Waals surface area contributed by atoms with Gasteiger partial charge in [-0.05, 0) is 12.8 Å². The van der Waals surface area contributed by atoms with Gasteiger partial charge in [-0.15, -0.1) is 10.2 Å². The van der Waals surface area contributed by atoms with Gasteiger partial charge < -0.3 is 15.2 Å². The Morgan fingerprint density at radius 1 is 1.21 bits per heavy atom. The summed E-state index contributed by atoms with van der Waals surface area (Å²) in [6.07, 6.45) is 4.13. The van der Waals surface area contributed by atoms with Crippen LogP contribution >= 0.6 is 0 Å². The minimum atomic E-state index is 0.510. The van der Waals surface area contributed by atoms with Crippen LogP contribution in [0.5, 0.6) is 0 Å². The molecule has 0 radical (unpaired) electrons. The van der Waals surface area contributed by atoms with E-state index in [0.717, 1.165) is 37.1 Å². The molecule has 4 rings (SSSR count). The maximum absolute atomic E-state index is 5.90. The molecule has 0 bridgehead atoms. The van der Waals surface area contributed by atoms with Crippen LogP contribution in [0.4, 0.5) is 11.6 Å². The zero-order valence-corrected chi connectivity index (χ0v) is 10.5. The van der Waals surface area contributed by atoms with Crippen molar-refractivity contribution in [3.8, 4) is 0 Å². The van der Waals surface area contributed by atoms with Gasteiger partial charge in [-0.25, -0.2) is 9.97 Å². The SMILES string of the molecule is Nc1cc(N2CCn3cnnc3C2)nc(C2CC2)n1. The highest BCUT2D eigenvalue weighted by Gasteiger charge is 2.28. The topological polar surface area (TPSA) is 85.8 Å². The van der Waals surface area contributed by atoms with Gasteiger partial charge in [0.05, 0.1) is 6.54 Å². The first-order valence-electron chi connectivity index (χ1n) is 6.56. The average molecular weight is 257 g/mol. The predicted octanol–water partition coefficient (Wildman–Crippen LogP) is 0.548. The van der Waals surface area contributed by atoms with Gasteiger partial charge in [0.25, 0.3) is 0 Å². The highest BCUT2D eigenvalue weighted by molar-refractivity contribution is 5.48. The largest absolute Gasteiger partial charge is 0.384 e. The molecule has 1 aliphatic carbocycles. The van der Waals surface area contributed by atoms with E-state index in [9.17, 15) is 0 Å². The number of hydrogen-bond acceptors (Lipinski definition) is 6. The zero-order valence-electron chi connectivity index (χ0n) is 10.5. The van der Waals surface area contributed by atoms with Crippen molar-refractivity contribution in [2.45, 2.75) is 31.8 Å². The van der Waals surface area contributed by atoms with Gasteiger partial charge in [0, 0.05) is 25.1 Å². The average Bonchev–Trinajstić information content (AvgIpc) is 3.16. The highest BCUT2D eigenvalue weighted by atomic mass is 15.3. The lowest BCUT2D eigenvalue weighted by molar-refractivity contribution is 0.555. The lowest BCUT2D eigenvalue weighted by atomic mass is 10.3. The minimum absolute atomic E-state index is 0.510. The van der Waals surface area contributed by atoms with Crippen molar-refractivity contribution >= 4 is 11.6 Å². The van der Waals surface area contributed by atoms with Crippen LogP contribution < -0.4 is 10.6 Å². The Hall–Kier alpha value is -2.18. The van der Waals surface area contributed by atoms with Crippen molar-refractivity contribution in [2.75, 3.05) is 17.2 Å². The first-order valence-corrected chi connectivity index (χ1v) is 6.56. The van der Waals surface area contributed by atoms with Crippen LogP contribution in [-0.2, 0) is 13.1 Å².